The summed E-state index contributed by atoms with van der Waals surface area (Å²) < 4.78 is 19.4. The zero-order valence-corrected chi connectivity index (χ0v) is 16.7. The fraction of sp³-hybridized carbons (Fsp3) is 0.318. The first-order valence-corrected chi connectivity index (χ1v) is 9.82. The Morgan fingerprint density at radius 2 is 2.10 bits per heavy atom. The number of ether oxygens (including phenoxy) is 1. The third-order valence-electron chi connectivity index (χ3n) is 5.51. The van der Waals surface area contributed by atoms with Crippen LogP contribution in [0.5, 0.6) is 5.75 Å². The summed E-state index contributed by atoms with van der Waals surface area (Å²) in [6, 6.07) is 9.58. The van der Waals surface area contributed by atoms with Crippen LogP contribution in [0.1, 0.15) is 22.5 Å². The van der Waals surface area contributed by atoms with Crippen molar-refractivity contribution in [3.05, 3.63) is 53.5 Å². The van der Waals surface area contributed by atoms with E-state index in [0.29, 0.717) is 34.5 Å². The van der Waals surface area contributed by atoms with E-state index in [1.54, 1.807) is 18.1 Å². The molecule has 1 aliphatic rings. The lowest BCUT2D eigenvalue weighted by atomic mass is 9.97. The molecule has 0 fully saturated rings. The highest BCUT2D eigenvalue weighted by Gasteiger charge is 2.31. The van der Waals surface area contributed by atoms with Gasteiger partial charge in [-0.25, -0.2) is 4.39 Å². The van der Waals surface area contributed by atoms with E-state index >= 15 is 0 Å². The van der Waals surface area contributed by atoms with E-state index in [-0.39, 0.29) is 31.2 Å². The van der Waals surface area contributed by atoms with Crippen molar-refractivity contribution in [1.29, 1.82) is 0 Å². The second-order valence-electron chi connectivity index (χ2n) is 7.66. The Bertz CT molecular complexity index is 1100. The van der Waals surface area contributed by atoms with Crippen LogP contribution in [0.3, 0.4) is 0 Å². The fourth-order valence-corrected chi connectivity index (χ4v) is 4.06. The maximum Gasteiger partial charge on any atom is 0.271 e. The van der Waals surface area contributed by atoms with E-state index in [2.05, 4.69) is 4.98 Å². The third kappa shape index (κ3) is 3.65. The smallest absolute Gasteiger partial charge is 0.271 e. The summed E-state index contributed by atoms with van der Waals surface area (Å²) in [4.78, 5) is 18.2. The molecule has 8 heteroatoms. The SMILES string of the molecule is COc1ccc2c(c1)CN(C[C@@H](N)CC(O)CN)C(=O)c1[nH]c3ccc(F)cc3c1-2. The van der Waals surface area contributed by atoms with Gasteiger partial charge in [-0.05, 0) is 47.9 Å². The highest BCUT2D eigenvalue weighted by Crippen LogP contribution is 2.39. The lowest BCUT2D eigenvalue weighted by molar-refractivity contribution is 0.0713. The third-order valence-corrected chi connectivity index (χ3v) is 5.51. The van der Waals surface area contributed by atoms with Gasteiger partial charge in [0.15, 0.2) is 0 Å². The number of methoxy groups -OCH3 is 1. The lowest BCUT2D eigenvalue weighted by Gasteiger charge is -2.26. The molecular weight excluding hydrogens is 387 g/mol. The molecule has 6 N–H and O–H groups in total. The van der Waals surface area contributed by atoms with Crippen molar-refractivity contribution in [2.45, 2.75) is 25.1 Å². The molecule has 0 saturated heterocycles. The number of amides is 1. The number of aliphatic hydroxyl groups excluding tert-OH is 1. The maximum absolute atomic E-state index is 14.0. The zero-order chi connectivity index (χ0) is 21.4. The minimum atomic E-state index is -0.721. The van der Waals surface area contributed by atoms with E-state index in [1.807, 2.05) is 18.2 Å². The molecule has 0 bridgehead atoms. The standard InChI is InChI=1S/C22H25FN4O3/c1-30-16-3-4-17-12(6-16)10-27(11-14(25)8-15(28)9-24)22(29)21-20(17)18-7-13(23)2-5-19(18)26-21/h2-7,14-15,26,28H,8-11,24-25H2,1H3/t14-,15?/m0/s1. The largest absolute Gasteiger partial charge is 0.497 e. The highest BCUT2D eigenvalue weighted by atomic mass is 19.1. The number of nitrogens with zero attached hydrogens (tertiary/aromatic N) is 1. The van der Waals surface area contributed by atoms with Gasteiger partial charge in [0.05, 0.1) is 13.2 Å². The molecule has 1 aliphatic heterocycles. The second-order valence-corrected chi connectivity index (χ2v) is 7.66. The fourth-order valence-electron chi connectivity index (χ4n) is 4.06. The number of hydrogen-bond donors (Lipinski definition) is 4. The van der Waals surface area contributed by atoms with Crippen LogP contribution in [0.25, 0.3) is 22.0 Å². The van der Waals surface area contributed by atoms with Crippen molar-refractivity contribution in [3.8, 4) is 16.9 Å². The minimum Gasteiger partial charge on any atom is -0.497 e. The van der Waals surface area contributed by atoms with Gasteiger partial charge in [-0.1, -0.05) is 6.07 Å². The number of fused-ring (bicyclic) bond motifs is 5. The van der Waals surface area contributed by atoms with E-state index < -0.39 is 12.1 Å². The minimum absolute atomic E-state index is 0.111. The monoisotopic (exact) mass is 412 g/mol. The molecule has 7 nitrogen and oxygen atoms in total. The number of benzene rings is 2. The predicted octanol–water partition coefficient (Wildman–Crippen LogP) is 1.98. The van der Waals surface area contributed by atoms with Gasteiger partial charge in [-0.15, -0.1) is 0 Å². The van der Waals surface area contributed by atoms with Gasteiger partial charge in [-0.3, -0.25) is 4.79 Å². The van der Waals surface area contributed by atoms with Crippen molar-refractivity contribution >= 4 is 16.8 Å². The molecular formula is C22H25FN4O3. The number of H-pyrrole nitrogens is 1. The summed E-state index contributed by atoms with van der Waals surface area (Å²) in [5.74, 6) is 0.0682. The van der Waals surface area contributed by atoms with Crippen molar-refractivity contribution in [1.82, 2.24) is 9.88 Å². The van der Waals surface area contributed by atoms with Gasteiger partial charge in [-0.2, -0.15) is 0 Å². The number of nitrogens with two attached hydrogens (primary N) is 2. The average Bonchev–Trinajstić information content (AvgIpc) is 3.05. The second kappa shape index (κ2) is 8.06. The van der Waals surface area contributed by atoms with Crippen LogP contribution in [-0.4, -0.2) is 53.2 Å². The highest BCUT2D eigenvalue weighted by molar-refractivity contribution is 6.11. The van der Waals surface area contributed by atoms with Crippen LogP contribution in [0.2, 0.25) is 0 Å². The van der Waals surface area contributed by atoms with Crippen LogP contribution >= 0.6 is 0 Å². The number of nitrogens with one attached hydrogen (secondary N) is 1. The van der Waals surface area contributed by atoms with E-state index in [0.717, 1.165) is 11.1 Å². The molecule has 1 amide bonds. The van der Waals surface area contributed by atoms with Gasteiger partial charge in [0.1, 0.15) is 17.3 Å². The Balaban J connectivity index is 1.83. The Labute approximate surface area is 173 Å². The molecule has 4 rings (SSSR count). The molecule has 1 aromatic heterocycles. The van der Waals surface area contributed by atoms with Gasteiger partial charge < -0.3 is 31.2 Å². The van der Waals surface area contributed by atoms with Gasteiger partial charge in [0, 0.05) is 42.1 Å². The Morgan fingerprint density at radius 3 is 2.83 bits per heavy atom. The van der Waals surface area contributed by atoms with Crippen LogP contribution in [-0.2, 0) is 6.54 Å². The van der Waals surface area contributed by atoms with Crippen LogP contribution in [0.4, 0.5) is 4.39 Å². The van der Waals surface area contributed by atoms with E-state index in [4.69, 9.17) is 16.2 Å². The number of aliphatic hydroxyl groups is 1. The van der Waals surface area contributed by atoms with Crippen molar-refractivity contribution in [2.75, 3.05) is 20.2 Å². The molecule has 158 valence electrons. The Hall–Kier alpha value is -2.94. The van der Waals surface area contributed by atoms with E-state index in [1.165, 1.54) is 12.1 Å². The molecule has 0 aliphatic carbocycles. The number of hydrogen-bond acceptors (Lipinski definition) is 5. The van der Waals surface area contributed by atoms with Crippen LogP contribution in [0, 0.1) is 5.82 Å². The summed E-state index contributed by atoms with van der Waals surface area (Å²) in [6.45, 7) is 0.673. The predicted molar refractivity (Wildman–Crippen MR) is 113 cm³/mol. The Kier molecular flexibility index (Phi) is 5.46. The molecule has 3 aromatic rings. The number of rotatable bonds is 6. The molecule has 30 heavy (non-hydrogen) atoms. The summed E-state index contributed by atoms with van der Waals surface area (Å²) >= 11 is 0. The number of halogens is 1. The Morgan fingerprint density at radius 1 is 1.30 bits per heavy atom. The number of carbonyl (C=O) groups is 1. The molecule has 0 radical (unpaired) electrons. The van der Waals surface area contributed by atoms with Crippen molar-refractivity contribution in [3.63, 3.8) is 0 Å². The molecule has 2 heterocycles. The van der Waals surface area contributed by atoms with Crippen LogP contribution < -0.4 is 16.2 Å². The number of carbonyl (C=O) groups excluding carboxylic acids is 1. The van der Waals surface area contributed by atoms with Gasteiger partial charge in [0.25, 0.3) is 5.91 Å². The zero-order valence-electron chi connectivity index (χ0n) is 16.7. The first kappa shape index (κ1) is 20.3. The summed E-state index contributed by atoms with van der Waals surface area (Å²) in [5.41, 5.74) is 15.1. The summed E-state index contributed by atoms with van der Waals surface area (Å²) in [7, 11) is 1.58. The van der Waals surface area contributed by atoms with Crippen molar-refractivity contribution < 1.29 is 19.0 Å². The summed E-state index contributed by atoms with van der Waals surface area (Å²) in [5, 5.41) is 10.5. The quantitative estimate of drug-likeness (QED) is 0.494. The van der Waals surface area contributed by atoms with E-state index in [9.17, 15) is 14.3 Å². The lowest BCUT2D eigenvalue weighted by Crippen LogP contribution is -2.43. The molecule has 0 spiro atoms. The molecule has 0 saturated carbocycles. The summed E-state index contributed by atoms with van der Waals surface area (Å²) in [6.07, 6.45) is -0.434. The molecule has 1 unspecified atom stereocenters. The normalized spacial score (nSPS) is 15.5. The van der Waals surface area contributed by atoms with Crippen molar-refractivity contribution in [2.24, 2.45) is 11.5 Å². The average molecular weight is 412 g/mol. The molecule has 2 aromatic carbocycles. The van der Waals surface area contributed by atoms with Crippen LogP contribution in [0.15, 0.2) is 36.4 Å². The number of aromatic nitrogens is 1. The number of aromatic amines is 1. The topological polar surface area (TPSA) is 118 Å². The molecule has 2 atom stereocenters. The van der Waals surface area contributed by atoms with Gasteiger partial charge in [0.2, 0.25) is 0 Å². The first-order chi connectivity index (χ1) is 14.4. The maximum atomic E-state index is 14.0. The first-order valence-electron chi connectivity index (χ1n) is 9.82. The van der Waals surface area contributed by atoms with Gasteiger partial charge >= 0.3 is 0 Å².